The Morgan fingerprint density at radius 1 is 1.07 bits per heavy atom. The molecule has 2 aromatic carbocycles. The minimum atomic E-state index is -0.287. The monoisotopic (exact) mass is 392 g/mol. The topological polar surface area (TPSA) is 62.6 Å². The Bertz CT molecular complexity index is 999. The van der Waals surface area contributed by atoms with Crippen LogP contribution in [-0.2, 0) is 4.79 Å². The average molecular weight is 392 g/mol. The molecule has 1 aliphatic heterocycles. The van der Waals surface area contributed by atoms with Crippen molar-refractivity contribution in [3.05, 3.63) is 78.5 Å². The molecule has 0 aliphatic carbocycles. The van der Waals surface area contributed by atoms with Crippen molar-refractivity contribution >= 4 is 17.5 Å². The van der Waals surface area contributed by atoms with Gasteiger partial charge in [0.15, 0.2) is 0 Å². The van der Waals surface area contributed by atoms with Gasteiger partial charge in [0.05, 0.1) is 17.7 Å². The van der Waals surface area contributed by atoms with E-state index in [0.29, 0.717) is 24.3 Å². The Morgan fingerprint density at radius 3 is 2.66 bits per heavy atom. The van der Waals surface area contributed by atoms with Crippen LogP contribution in [0.5, 0.6) is 0 Å². The Balaban J connectivity index is 1.43. The summed E-state index contributed by atoms with van der Waals surface area (Å²) in [6.07, 6.45) is 4.40. The first-order valence-electron chi connectivity index (χ1n) is 9.58. The third-order valence-corrected chi connectivity index (χ3v) is 5.16. The molecule has 1 atom stereocenters. The first-order valence-corrected chi connectivity index (χ1v) is 9.58. The van der Waals surface area contributed by atoms with Gasteiger partial charge >= 0.3 is 0 Å². The summed E-state index contributed by atoms with van der Waals surface area (Å²) in [5.74, 6) is -0.778. The summed E-state index contributed by atoms with van der Waals surface area (Å²) >= 11 is 0. The van der Waals surface area contributed by atoms with Crippen LogP contribution < -0.4 is 5.32 Å². The van der Waals surface area contributed by atoms with Crippen LogP contribution >= 0.6 is 0 Å². The number of furan rings is 1. The normalized spacial score (nSPS) is 16.4. The van der Waals surface area contributed by atoms with E-state index in [9.17, 15) is 14.0 Å². The maximum atomic E-state index is 13.1. The van der Waals surface area contributed by atoms with Crippen molar-refractivity contribution in [1.29, 1.82) is 0 Å². The second kappa shape index (κ2) is 8.31. The lowest BCUT2D eigenvalue weighted by Gasteiger charge is -2.31. The van der Waals surface area contributed by atoms with E-state index in [0.717, 1.165) is 24.0 Å². The van der Waals surface area contributed by atoms with Gasteiger partial charge in [-0.2, -0.15) is 0 Å². The number of carbonyl (C=O) groups is 2. The molecular formula is C23H21FN2O3. The molecule has 0 saturated carbocycles. The molecule has 0 unspecified atom stereocenters. The van der Waals surface area contributed by atoms with E-state index in [1.54, 1.807) is 23.1 Å². The molecule has 1 aliphatic rings. The van der Waals surface area contributed by atoms with E-state index in [1.165, 1.54) is 24.7 Å². The summed E-state index contributed by atoms with van der Waals surface area (Å²) in [6.45, 7) is 1.02. The molecule has 2 heterocycles. The molecule has 1 saturated heterocycles. The molecule has 4 rings (SSSR count). The van der Waals surface area contributed by atoms with Gasteiger partial charge in [-0.3, -0.25) is 9.59 Å². The van der Waals surface area contributed by atoms with E-state index in [1.807, 2.05) is 24.3 Å². The number of halogens is 1. The first kappa shape index (κ1) is 18.9. The third kappa shape index (κ3) is 4.37. The van der Waals surface area contributed by atoms with E-state index in [-0.39, 0.29) is 23.5 Å². The summed E-state index contributed by atoms with van der Waals surface area (Å²) in [6, 6.07) is 15.3. The highest BCUT2D eigenvalue weighted by Gasteiger charge is 2.29. The van der Waals surface area contributed by atoms with Crippen LogP contribution in [0.3, 0.4) is 0 Å². The third-order valence-electron chi connectivity index (χ3n) is 5.16. The number of nitrogens with one attached hydrogen (secondary N) is 1. The summed E-state index contributed by atoms with van der Waals surface area (Å²) in [4.78, 5) is 27.0. The van der Waals surface area contributed by atoms with Gasteiger partial charge in [-0.05, 0) is 54.3 Å². The van der Waals surface area contributed by atoms with Crippen molar-refractivity contribution < 1.29 is 18.4 Å². The summed E-state index contributed by atoms with van der Waals surface area (Å²) in [7, 11) is 0. The number of likely N-dealkylation sites (tertiary alicyclic amines) is 1. The number of hydrogen-bond acceptors (Lipinski definition) is 3. The molecular weight excluding hydrogens is 371 g/mol. The Morgan fingerprint density at radius 2 is 1.90 bits per heavy atom. The van der Waals surface area contributed by atoms with Crippen LogP contribution in [0.15, 0.2) is 71.5 Å². The van der Waals surface area contributed by atoms with Gasteiger partial charge in [-0.15, -0.1) is 0 Å². The van der Waals surface area contributed by atoms with Gasteiger partial charge in [0.25, 0.3) is 5.91 Å². The zero-order valence-corrected chi connectivity index (χ0v) is 15.8. The molecule has 1 fully saturated rings. The molecule has 1 N–H and O–H groups in total. The van der Waals surface area contributed by atoms with Crippen molar-refractivity contribution in [2.45, 2.75) is 12.8 Å². The number of carbonyl (C=O) groups excluding carboxylic acids is 2. The van der Waals surface area contributed by atoms with Gasteiger partial charge in [0.2, 0.25) is 5.91 Å². The van der Waals surface area contributed by atoms with E-state index in [4.69, 9.17) is 4.42 Å². The SMILES string of the molecule is O=C(Nc1cccc(-c2ccc(F)cc2)c1)[C@H]1CCCN(C(=O)c2ccoc2)C1. The highest BCUT2D eigenvalue weighted by Crippen LogP contribution is 2.25. The summed E-state index contributed by atoms with van der Waals surface area (Å²) < 4.78 is 18.1. The number of nitrogens with zero attached hydrogens (tertiary/aromatic N) is 1. The predicted octanol–water partition coefficient (Wildman–Crippen LogP) is 4.58. The predicted molar refractivity (Wildman–Crippen MR) is 108 cm³/mol. The van der Waals surface area contributed by atoms with Crippen LogP contribution in [0.2, 0.25) is 0 Å². The number of benzene rings is 2. The minimum Gasteiger partial charge on any atom is -0.472 e. The van der Waals surface area contributed by atoms with Crippen molar-refractivity contribution in [3.63, 3.8) is 0 Å². The molecule has 0 radical (unpaired) electrons. The van der Waals surface area contributed by atoms with E-state index in [2.05, 4.69) is 5.32 Å². The van der Waals surface area contributed by atoms with Crippen molar-refractivity contribution in [2.75, 3.05) is 18.4 Å². The van der Waals surface area contributed by atoms with Gasteiger partial charge in [0.1, 0.15) is 12.1 Å². The molecule has 0 bridgehead atoms. The largest absolute Gasteiger partial charge is 0.472 e. The fraction of sp³-hybridized carbons (Fsp3) is 0.217. The molecule has 1 aromatic heterocycles. The van der Waals surface area contributed by atoms with Gasteiger partial charge < -0.3 is 14.6 Å². The molecule has 2 amide bonds. The zero-order valence-electron chi connectivity index (χ0n) is 15.8. The number of hydrogen-bond donors (Lipinski definition) is 1. The Labute approximate surface area is 168 Å². The minimum absolute atomic E-state index is 0.106. The quantitative estimate of drug-likeness (QED) is 0.707. The lowest BCUT2D eigenvalue weighted by molar-refractivity contribution is -0.121. The van der Waals surface area contributed by atoms with Crippen LogP contribution in [-0.4, -0.2) is 29.8 Å². The molecule has 148 valence electrons. The second-order valence-electron chi connectivity index (χ2n) is 7.18. The zero-order chi connectivity index (χ0) is 20.2. The molecule has 29 heavy (non-hydrogen) atoms. The maximum absolute atomic E-state index is 13.1. The summed E-state index contributed by atoms with van der Waals surface area (Å²) in [5, 5.41) is 2.96. The fourth-order valence-electron chi connectivity index (χ4n) is 3.61. The van der Waals surface area contributed by atoms with Gasteiger partial charge in [0, 0.05) is 18.8 Å². The van der Waals surface area contributed by atoms with Crippen LogP contribution in [0.1, 0.15) is 23.2 Å². The van der Waals surface area contributed by atoms with Crippen molar-refractivity contribution in [2.24, 2.45) is 5.92 Å². The Kier molecular flexibility index (Phi) is 5.42. The maximum Gasteiger partial charge on any atom is 0.257 e. The van der Waals surface area contributed by atoms with E-state index < -0.39 is 0 Å². The number of amides is 2. The fourth-order valence-corrected chi connectivity index (χ4v) is 3.61. The van der Waals surface area contributed by atoms with Crippen LogP contribution in [0, 0.1) is 11.7 Å². The second-order valence-corrected chi connectivity index (χ2v) is 7.18. The van der Waals surface area contributed by atoms with Crippen LogP contribution in [0.4, 0.5) is 10.1 Å². The first-order chi connectivity index (χ1) is 14.1. The highest BCUT2D eigenvalue weighted by atomic mass is 19.1. The van der Waals surface area contributed by atoms with Gasteiger partial charge in [-0.25, -0.2) is 4.39 Å². The van der Waals surface area contributed by atoms with Crippen molar-refractivity contribution in [3.8, 4) is 11.1 Å². The molecule has 0 spiro atoms. The standard InChI is InChI=1S/C23H21FN2O3/c24-20-8-6-16(7-9-20)17-3-1-5-21(13-17)25-22(27)18-4-2-11-26(14-18)23(28)19-10-12-29-15-19/h1,3,5-10,12-13,15,18H,2,4,11,14H2,(H,25,27)/t18-/m0/s1. The molecule has 5 nitrogen and oxygen atoms in total. The number of rotatable bonds is 4. The number of piperidine rings is 1. The molecule has 3 aromatic rings. The summed E-state index contributed by atoms with van der Waals surface area (Å²) in [5.41, 5.74) is 2.94. The van der Waals surface area contributed by atoms with E-state index >= 15 is 0 Å². The number of anilines is 1. The average Bonchev–Trinajstić information content (AvgIpc) is 3.29. The molecule has 6 heteroatoms. The van der Waals surface area contributed by atoms with Crippen LogP contribution in [0.25, 0.3) is 11.1 Å². The van der Waals surface area contributed by atoms with Gasteiger partial charge in [-0.1, -0.05) is 24.3 Å². The smallest absolute Gasteiger partial charge is 0.257 e. The highest BCUT2D eigenvalue weighted by molar-refractivity contribution is 5.96. The lowest BCUT2D eigenvalue weighted by atomic mass is 9.96. The van der Waals surface area contributed by atoms with Crippen molar-refractivity contribution in [1.82, 2.24) is 4.90 Å². The Hall–Kier alpha value is -3.41. The lowest BCUT2D eigenvalue weighted by Crippen LogP contribution is -2.43.